The first-order valence-electron chi connectivity index (χ1n) is 29.3. The van der Waals surface area contributed by atoms with Crippen molar-refractivity contribution in [1.82, 2.24) is 45.9 Å². The van der Waals surface area contributed by atoms with Gasteiger partial charge in [0.05, 0.1) is 22.3 Å². The monoisotopic (exact) mass is 1240 g/mol. The molecule has 8 aromatic rings. The number of nitrogens with one attached hydrogen (secondary N) is 3. The molecule has 4 atom stereocenters. The van der Waals surface area contributed by atoms with Gasteiger partial charge in [-0.3, -0.25) is 14.4 Å². The number of halogens is 5. The van der Waals surface area contributed by atoms with E-state index in [1.54, 1.807) is 48.5 Å². The Kier molecular flexibility index (Phi) is 20.8. The molecule has 0 spiro atoms. The van der Waals surface area contributed by atoms with E-state index < -0.39 is 46.4 Å². The molecule has 0 radical (unpaired) electrons. The van der Waals surface area contributed by atoms with Crippen molar-refractivity contribution in [2.45, 2.75) is 57.5 Å². The second-order valence-corrected chi connectivity index (χ2v) is 22.1. The van der Waals surface area contributed by atoms with Crippen LogP contribution >= 0.6 is 0 Å². The zero-order chi connectivity index (χ0) is 64.2. The van der Waals surface area contributed by atoms with Gasteiger partial charge in [-0.2, -0.15) is 13.2 Å². The van der Waals surface area contributed by atoms with Crippen molar-refractivity contribution in [1.29, 1.82) is 0 Å². The zero-order valence-electron chi connectivity index (χ0n) is 50.0. The topological polar surface area (TPSA) is 252 Å². The summed E-state index contributed by atoms with van der Waals surface area (Å²) in [5, 5.41) is 10.6. The Morgan fingerprint density at radius 2 is 0.944 bits per heavy atom. The molecular formula is C67H86F5N15O3. The number of aromatic nitrogens is 6. The first-order chi connectivity index (χ1) is 43.2. The van der Waals surface area contributed by atoms with E-state index >= 15 is 0 Å². The molecule has 3 aliphatic heterocycles. The molecule has 0 bridgehead atoms. The fourth-order valence-electron chi connectivity index (χ4n) is 10.8. The molecule has 0 unspecified atom stereocenters. The number of alkyl halides is 3. The first kappa shape index (κ1) is 64.6. The summed E-state index contributed by atoms with van der Waals surface area (Å²) in [5.74, 6) is -1.36. The third kappa shape index (κ3) is 15.3. The number of hydrogen-bond donors (Lipinski definition) is 6. The number of rotatable bonds is 15. The third-order valence-electron chi connectivity index (χ3n) is 15.8. The lowest BCUT2D eigenvalue weighted by atomic mass is 9.98. The minimum absolute atomic E-state index is 0. The molecule has 9 heterocycles. The average molecular weight is 1240 g/mol. The van der Waals surface area contributed by atoms with E-state index in [9.17, 15) is 36.3 Å². The van der Waals surface area contributed by atoms with Gasteiger partial charge in [-0.15, -0.1) is 0 Å². The van der Waals surface area contributed by atoms with Crippen molar-refractivity contribution >= 4 is 63.9 Å². The Morgan fingerprint density at radius 3 is 1.33 bits per heavy atom. The van der Waals surface area contributed by atoms with E-state index in [0.717, 1.165) is 38.7 Å². The summed E-state index contributed by atoms with van der Waals surface area (Å²) >= 11 is 0. The van der Waals surface area contributed by atoms with Crippen LogP contribution in [0.4, 0.5) is 56.9 Å². The maximum Gasteiger partial charge on any atom is 0.418 e. The van der Waals surface area contributed by atoms with E-state index in [0.29, 0.717) is 49.6 Å². The molecule has 18 nitrogen and oxygen atoms in total. The van der Waals surface area contributed by atoms with Crippen LogP contribution in [-0.2, 0) is 6.18 Å². The number of pyridine rings is 6. The summed E-state index contributed by atoms with van der Waals surface area (Å²) in [5.41, 5.74) is 18.4. The smallest absolute Gasteiger partial charge is 0.383 e. The predicted octanol–water partition coefficient (Wildman–Crippen LogP) is 12.3. The summed E-state index contributed by atoms with van der Waals surface area (Å²) in [6.45, 7) is 18.4. The van der Waals surface area contributed by atoms with Gasteiger partial charge in [0, 0.05) is 118 Å². The first-order valence-corrected chi connectivity index (χ1v) is 29.3. The molecule has 9 N–H and O–H groups in total. The van der Waals surface area contributed by atoms with Gasteiger partial charge in [-0.05, 0) is 96.3 Å². The Balaban J connectivity index is 0.000000706. The van der Waals surface area contributed by atoms with Crippen molar-refractivity contribution in [3.8, 4) is 0 Å². The minimum Gasteiger partial charge on any atom is -0.383 e. The number of hydrogen-bond acceptors (Lipinski definition) is 18. The molecule has 3 fully saturated rings. The Hall–Kier alpha value is -9.84. The van der Waals surface area contributed by atoms with E-state index in [1.807, 2.05) is 41.3 Å². The van der Waals surface area contributed by atoms with Crippen LogP contribution in [0.25, 0.3) is 11.7 Å². The lowest BCUT2D eigenvalue weighted by molar-refractivity contribution is -0.138. The second kappa shape index (κ2) is 29.0. The highest BCUT2D eigenvalue weighted by atomic mass is 19.4. The molecule has 0 amide bonds. The van der Waals surface area contributed by atoms with Crippen molar-refractivity contribution in [3.63, 3.8) is 0 Å². The molecule has 90 heavy (non-hydrogen) atoms. The molecule has 23 heteroatoms. The SMILES string of the molecule is C=C(F)c1ccc(N2CCN[C@@H](c3ccccc3)C2)nc1C(=O)c1cccnc1N.C=C(F)c1ccc(N2CCN[C@H](c3ccccc3)C2)nc1C(=O)c1cccnc1N.CC[C@H]1CN(c2ccc(C(F)(F)F)c(C(=O)c3cccnc3N)n2)C[C@H](C(C)C)N1.[HH].[HH].[HH].[HH].[HH].[HH].[HH].[HH]. The summed E-state index contributed by atoms with van der Waals surface area (Å²) in [6.07, 6.45) is 0.519. The Labute approximate surface area is 530 Å². The highest BCUT2D eigenvalue weighted by molar-refractivity contribution is 6.14. The number of benzene rings is 2. The third-order valence-corrected chi connectivity index (χ3v) is 15.8. The normalized spacial score (nSPS) is 17.5. The molecule has 3 aliphatic rings. The minimum atomic E-state index is -4.72. The molecular weight excluding hydrogens is 1160 g/mol. The number of piperazine rings is 3. The van der Waals surface area contributed by atoms with Gasteiger partial charge in [-0.1, -0.05) is 94.6 Å². The number of carbonyl (C=O) groups excluding carboxylic acids is 3. The van der Waals surface area contributed by atoms with Crippen LogP contribution in [0.3, 0.4) is 0 Å². The predicted molar refractivity (Wildman–Crippen MR) is 358 cm³/mol. The fraction of sp³-hybridized carbons (Fsp3) is 0.269. The summed E-state index contributed by atoms with van der Waals surface area (Å²) < 4.78 is 69.0. The number of nitrogens with zero attached hydrogens (tertiary/aromatic N) is 9. The van der Waals surface area contributed by atoms with E-state index in [-0.39, 0.29) is 92.2 Å². The van der Waals surface area contributed by atoms with Crippen LogP contribution in [0, 0.1) is 5.92 Å². The average Bonchev–Trinajstić information content (AvgIpc) is 0.793. The molecule has 6 aromatic heterocycles. The van der Waals surface area contributed by atoms with Gasteiger partial charge in [0.1, 0.15) is 63.6 Å². The lowest BCUT2D eigenvalue weighted by Crippen LogP contribution is -2.58. The number of anilines is 6. The Bertz CT molecular complexity index is 3740. The standard InChI is InChI=1S/2C23H22FN5O.C21H26F3N5O.8H2/c2*1-15(24)17-9-10-20(28-21(17)22(30)18-8-5-11-27-23(18)25)29-13-12-26-19(14-29)16-6-3-2-4-7-16;1-4-13-10-29(11-16(27-13)12(2)3)17-8-7-15(21(22,23)24)18(28-17)19(30)14-6-5-9-26-20(14)25;;;;;;;;/h2*2-11,19,26H,1,12-14H2,(H2,25,27);5-9,12-13,16,27H,4,10-11H2,1-3H3,(H2,25,26);8*1H/t2*19-;13-,16+;;;;;;;;/m100......../s1. The van der Waals surface area contributed by atoms with Gasteiger partial charge < -0.3 is 47.9 Å². The quantitative estimate of drug-likeness (QED) is 0.0412. The van der Waals surface area contributed by atoms with E-state index in [1.165, 1.54) is 47.9 Å². The molecule has 11 rings (SSSR count). The van der Waals surface area contributed by atoms with Crippen molar-refractivity contribution < 1.29 is 47.7 Å². The molecule has 0 saturated carbocycles. The fourth-order valence-corrected chi connectivity index (χ4v) is 10.8. The molecule has 2 aromatic carbocycles. The molecule has 482 valence electrons. The summed E-state index contributed by atoms with van der Waals surface area (Å²) in [6, 6.07) is 38.8. The zero-order valence-corrected chi connectivity index (χ0v) is 50.0. The number of nitrogen functional groups attached to an aromatic ring is 3. The largest absolute Gasteiger partial charge is 0.418 e. The van der Waals surface area contributed by atoms with Crippen LogP contribution in [0.5, 0.6) is 0 Å². The molecule has 0 aliphatic carbocycles. The maximum absolute atomic E-state index is 14.1. The lowest BCUT2D eigenvalue weighted by Gasteiger charge is -2.41. The van der Waals surface area contributed by atoms with Gasteiger partial charge in [-0.25, -0.2) is 38.7 Å². The van der Waals surface area contributed by atoms with Crippen molar-refractivity contribution in [2.24, 2.45) is 5.92 Å². The van der Waals surface area contributed by atoms with Crippen LogP contribution in [0.15, 0.2) is 165 Å². The number of ketones is 3. The highest BCUT2D eigenvalue weighted by Gasteiger charge is 2.38. The van der Waals surface area contributed by atoms with Crippen LogP contribution in [0.1, 0.15) is 127 Å². The highest BCUT2D eigenvalue weighted by Crippen LogP contribution is 2.35. The van der Waals surface area contributed by atoms with Crippen molar-refractivity contribution in [3.05, 3.63) is 227 Å². The Morgan fingerprint density at radius 1 is 0.544 bits per heavy atom. The van der Waals surface area contributed by atoms with E-state index in [2.05, 4.69) is 114 Å². The van der Waals surface area contributed by atoms with Gasteiger partial charge in [0.15, 0.2) is 0 Å². The van der Waals surface area contributed by atoms with Crippen LogP contribution in [0.2, 0.25) is 0 Å². The van der Waals surface area contributed by atoms with Crippen LogP contribution < -0.4 is 47.9 Å². The summed E-state index contributed by atoms with van der Waals surface area (Å²) in [4.78, 5) is 70.2. The molecule has 3 saturated heterocycles. The van der Waals surface area contributed by atoms with E-state index in [4.69, 9.17) is 17.2 Å². The maximum atomic E-state index is 14.1. The van der Waals surface area contributed by atoms with Gasteiger partial charge in [0.2, 0.25) is 17.3 Å². The van der Waals surface area contributed by atoms with Crippen molar-refractivity contribution in [2.75, 3.05) is 84.3 Å². The second-order valence-electron chi connectivity index (χ2n) is 22.1. The summed E-state index contributed by atoms with van der Waals surface area (Å²) in [7, 11) is 0. The number of carbonyl (C=O) groups is 3. The number of nitrogens with two attached hydrogens (primary N) is 3. The van der Waals surface area contributed by atoms with Gasteiger partial charge in [0.25, 0.3) is 0 Å². The van der Waals surface area contributed by atoms with Gasteiger partial charge >= 0.3 is 6.18 Å². The van der Waals surface area contributed by atoms with Crippen LogP contribution in [-0.4, -0.2) is 112 Å².